The lowest BCUT2D eigenvalue weighted by molar-refractivity contribution is 0.112. The third-order valence-electron chi connectivity index (χ3n) is 2.60. The fraction of sp³-hybridized carbons (Fsp3) is 0.133. The van der Waals surface area contributed by atoms with Crippen molar-refractivity contribution in [3.63, 3.8) is 0 Å². The maximum absolute atomic E-state index is 10.5. The van der Waals surface area contributed by atoms with Gasteiger partial charge in [-0.2, -0.15) is 0 Å². The van der Waals surface area contributed by atoms with E-state index in [1.54, 1.807) is 12.1 Å². The van der Waals surface area contributed by atoms with Crippen LogP contribution in [0, 0.1) is 0 Å². The number of rotatable bonds is 4. The van der Waals surface area contributed by atoms with Crippen LogP contribution in [0.3, 0.4) is 0 Å². The van der Waals surface area contributed by atoms with E-state index in [2.05, 4.69) is 0 Å². The standard InChI is InChI=1S/C15H14O2/c1-12(14-5-3-2-4-6-14)17-15-9-7-13(11-16)8-10-15/h2-12H,1H3/t12-/m1/s1. The van der Waals surface area contributed by atoms with Crippen LogP contribution in [0.5, 0.6) is 5.75 Å². The zero-order chi connectivity index (χ0) is 12.1. The van der Waals surface area contributed by atoms with Crippen molar-refractivity contribution in [1.82, 2.24) is 0 Å². The van der Waals surface area contributed by atoms with Crippen LogP contribution in [0.1, 0.15) is 28.9 Å². The van der Waals surface area contributed by atoms with Crippen LogP contribution >= 0.6 is 0 Å². The quantitative estimate of drug-likeness (QED) is 0.744. The highest BCUT2D eigenvalue weighted by Gasteiger charge is 2.06. The second-order valence-electron chi connectivity index (χ2n) is 3.86. The molecule has 0 bridgehead atoms. The van der Waals surface area contributed by atoms with Gasteiger partial charge < -0.3 is 4.74 Å². The average Bonchev–Trinajstić information content (AvgIpc) is 2.40. The van der Waals surface area contributed by atoms with E-state index < -0.39 is 0 Å². The number of carbonyl (C=O) groups is 1. The highest BCUT2D eigenvalue weighted by Crippen LogP contribution is 2.21. The maximum atomic E-state index is 10.5. The minimum atomic E-state index is -0.00159. The number of hydrogen-bond acceptors (Lipinski definition) is 2. The first-order valence-corrected chi connectivity index (χ1v) is 5.56. The molecule has 0 radical (unpaired) electrons. The van der Waals surface area contributed by atoms with Gasteiger partial charge in [-0.3, -0.25) is 4.79 Å². The number of carbonyl (C=O) groups excluding carboxylic acids is 1. The van der Waals surface area contributed by atoms with E-state index in [-0.39, 0.29) is 6.10 Å². The molecular formula is C15H14O2. The summed E-state index contributed by atoms with van der Waals surface area (Å²) in [6.07, 6.45) is 0.822. The minimum Gasteiger partial charge on any atom is -0.486 e. The van der Waals surface area contributed by atoms with Crippen LogP contribution < -0.4 is 4.74 Å². The van der Waals surface area contributed by atoms with Gasteiger partial charge in [0, 0.05) is 5.56 Å². The van der Waals surface area contributed by atoms with Crippen LogP contribution in [0.15, 0.2) is 54.6 Å². The average molecular weight is 226 g/mol. The number of hydrogen-bond donors (Lipinski definition) is 0. The Kier molecular flexibility index (Phi) is 3.55. The normalized spacial score (nSPS) is 11.8. The molecule has 0 spiro atoms. The number of benzene rings is 2. The predicted octanol–water partition coefficient (Wildman–Crippen LogP) is 3.64. The van der Waals surface area contributed by atoms with E-state index in [1.165, 1.54) is 0 Å². The molecule has 0 amide bonds. The van der Waals surface area contributed by atoms with Gasteiger partial charge >= 0.3 is 0 Å². The Morgan fingerprint density at radius 1 is 1.00 bits per heavy atom. The van der Waals surface area contributed by atoms with Gasteiger partial charge in [-0.15, -0.1) is 0 Å². The SMILES string of the molecule is C[C@@H](Oc1ccc(C=O)cc1)c1ccccc1. The Balaban J connectivity index is 2.07. The minimum absolute atomic E-state index is 0.00159. The van der Waals surface area contributed by atoms with Gasteiger partial charge in [0.05, 0.1) is 0 Å². The van der Waals surface area contributed by atoms with Crippen LogP contribution in [0.2, 0.25) is 0 Å². The Hall–Kier alpha value is -2.09. The second kappa shape index (κ2) is 5.30. The van der Waals surface area contributed by atoms with E-state index in [4.69, 9.17) is 4.74 Å². The summed E-state index contributed by atoms with van der Waals surface area (Å²) in [6, 6.07) is 17.1. The fourth-order valence-corrected chi connectivity index (χ4v) is 1.62. The second-order valence-corrected chi connectivity index (χ2v) is 3.86. The first-order chi connectivity index (χ1) is 8.29. The maximum Gasteiger partial charge on any atom is 0.150 e. The Morgan fingerprint density at radius 3 is 2.24 bits per heavy atom. The molecule has 2 nitrogen and oxygen atoms in total. The molecule has 0 N–H and O–H groups in total. The van der Waals surface area contributed by atoms with Crippen molar-refractivity contribution in [1.29, 1.82) is 0 Å². The van der Waals surface area contributed by atoms with Crippen molar-refractivity contribution in [2.75, 3.05) is 0 Å². The van der Waals surface area contributed by atoms with Gasteiger partial charge in [0.15, 0.2) is 0 Å². The molecule has 0 saturated carbocycles. The molecule has 0 unspecified atom stereocenters. The highest BCUT2D eigenvalue weighted by molar-refractivity contribution is 5.74. The van der Waals surface area contributed by atoms with Gasteiger partial charge in [0.2, 0.25) is 0 Å². The fourth-order valence-electron chi connectivity index (χ4n) is 1.62. The summed E-state index contributed by atoms with van der Waals surface area (Å²) in [4.78, 5) is 10.5. The van der Waals surface area contributed by atoms with E-state index in [1.807, 2.05) is 49.4 Å². The van der Waals surface area contributed by atoms with Crippen molar-refractivity contribution in [2.24, 2.45) is 0 Å². The summed E-state index contributed by atoms with van der Waals surface area (Å²) in [5, 5.41) is 0. The molecule has 2 heteroatoms. The third-order valence-corrected chi connectivity index (χ3v) is 2.60. The summed E-state index contributed by atoms with van der Waals surface area (Å²) in [5.41, 5.74) is 1.79. The molecule has 0 fully saturated rings. The lowest BCUT2D eigenvalue weighted by Gasteiger charge is -2.14. The van der Waals surface area contributed by atoms with Crippen LogP contribution in [0.25, 0.3) is 0 Å². The molecule has 0 aliphatic heterocycles. The Labute approximate surface area is 101 Å². The smallest absolute Gasteiger partial charge is 0.150 e. The monoisotopic (exact) mass is 226 g/mol. The van der Waals surface area contributed by atoms with Gasteiger partial charge in [-0.25, -0.2) is 0 Å². The van der Waals surface area contributed by atoms with Crippen molar-refractivity contribution in [3.05, 3.63) is 65.7 Å². The van der Waals surface area contributed by atoms with Crippen LogP contribution in [-0.4, -0.2) is 6.29 Å². The molecule has 0 heterocycles. The molecule has 2 rings (SSSR count). The van der Waals surface area contributed by atoms with Gasteiger partial charge in [0.1, 0.15) is 18.1 Å². The molecule has 0 aromatic heterocycles. The molecule has 17 heavy (non-hydrogen) atoms. The molecule has 0 aliphatic carbocycles. The molecule has 2 aromatic rings. The van der Waals surface area contributed by atoms with E-state index >= 15 is 0 Å². The lowest BCUT2D eigenvalue weighted by Crippen LogP contribution is -2.02. The van der Waals surface area contributed by atoms with Gasteiger partial charge in [-0.1, -0.05) is 30.3 Å². The van der Waals surface area contributed by atoms with Crippen molar-refractivity contribution in [3.8, 4) is 5.75 Å². The Bertz CT molecular complexity index is 474. The summed E-state index contributed by atoms with van der Waals surface area (Å²) in [5.74, 6) is 0.770. The van der Waals surface area contributed by atoms with Crippen LogP contribution in [-0.2, 0) is 0 Å². The molecule has 86 valence electrons. The van der Waals surface area contributed by atoms with Gasteiger partial charge in [-0.05, 0) is 36.8 Å². The summed E-state index contributed by atoms with van der Waals surface area (Å²) >= 11 is 0. The summed E-state index contributed by atoms with van der Waals surface area (Å²) in [7, 11) is 0. The zero-order valence-corrected chi connectivity index (χ0v) is 9.67. The van der Waals surface area contributed by atoms with E-state index in [0.29, 0.717) is 5.56 Å². The zero-order valence-electron chi connectivity index (χ0n) is 9.67. The van der Waals surface area contributed by atoms with Crippen molar-refractivity contribution in [2.45, 2.75) is 13.0 Å². The lowest BCUT2D eigenvalue weighted by atomic mass is 10.1. The topological polar surface area (TPSA) is 26.3 Å². The van der Waals surface area contributed by atoms with E-state index in [0.717, 1.165) is 17.6 Å². The van der Waals surface area contributed by atoms with E-state index in [9.17, 15) is 4.79 Å². The van der Waals surface area contributed by atoms with Crippen LogP contribution in [0.4, 0.5) is 0 Å². The summed E-state index contributed by atoms with van der Waals surface area (Å²) in [6.45, 7) is 2.00. The molecule has 0 aliphatic rings. The predicted molar refractivity (Wildman–Crippen MR) is 67.3 cm³/mol. The molecule has 0 saturated heterocycles. The molecular weight excluding hydrogens is 212 g/mol. The molecule has 1 atom stereocenters. The largest absolute Gasteiger partial charge is 0.486 e. The molecule has 2 aromatic carbocycles. The third kappa shape index (κ3) is 2.94. The van der Waals surface area contributed by atoms with Gasteiger partial charge in [0.25, 0.3) is 0 Å². The summed E-state index contributed by atoms with van der Waals surface area (Å²) < 4.78 is 5.78. The number of aldehydes is 1. The van der Waals surface area contributed by atoms with Crippen molar-refractivity contribution < 1.29 is 9.53 Å². The first kappa shape index (κ1) is 11.4. The van der Waals surface area contributed by atoms with Crippen molar-refractivity contribution >= 4 is 6.29 Å². The highest BCUT2D eigenvalue weighted by atomic mass is 16.5. The first-order valence-electron chi connectivity index (χ1n) is 5.56. The Morgan fingerprint density at radius 2 is 1.65 bits per heavy atom. The number of ether oxygens (including phenoxy) is 1.